The Labute approximate surface area is 104 Å². The molecule has 17 heavy (non-hydrogen) atoms. The summed E-state index contributed by atoms with van der Waals surface area (Å²) in [6.07, 6.45) is 2.16. The van der Waals surface area contributed by atoms with Gasteiger partial charge in [-0.05, 0) is 17.8 Å². The Morgan fingerprint density at radius 2 is 2.18 bits per heavy atom. The first-order valence-corrected chi connectivity index (χ1v) is 6.18. The van der Waals surface area contributed by atoms with Gasteiger partial charge in [-0.3, -0.25) is 4.79 Å². The van der Waals surface area contributed by atoms with E-state index in [0.717, 1.165) is 15.6 Å². The van der Waals surface area contributed by atoms with Crippen LogP contribution < -0.4 is 0 Å². The lowest BCUT2D eigenvalue weighted by molar-refractivity contribution is 0.0985. The van der Waals surface area contributed by atoms with Gasteiger partial charge in [-0.1, -0.05) is 25.1 Å². The van der Waals surface area contributed by atoms with E-state index in [9.17, 15) is 4.79 Å². The van der Waals surface area contributed by atoms with Crippen LogP contribution in [-0.4, -0.2) is 20.5 Å². The highest BCUT2D eigenvalue weighted by Crippen LogP contribution is 2.29. The Hall–Kier alpha value is -1.62. The third-order valence-electron chi connectivity index (χ3n) is 2.38. The van der Waals surface area contributed by atoms with Crippen molar-refractivity contribution < 1.29 is 4.79 Å². The zero-order valence-corrected chi connectivity index (χ0v) is 10.6. The van der Waals surface area contributed by atoms with Gasteiger partial charge in [0, 0.05) is 23.9 Å². The summed E-state index contributed by atoms with van der Waals surface area (Å²) in [4.78, 5) is 12.7. The number of ketones is 1. The first-order valence-electron chi connectivity index (χ1n) is 5.36. The Balaban J connectivity index is 2.33. The second kappa shape index (κ2) is 5.14. The van der Waals surface area contributed by atoms with Crippen molar-refractivity contribution in [2.75, 3.05) is 0 Å². The second-order valence-electron chi connectivity index (χ2n) is 3.60. The molecule has 0 atom stereocenters. The molecule has 0 aliphatic carbocycles. The van der Waals surface area contributed by atoms with E-state index in [1.807, 2.05) is 42.8 Å². The van der Waals surface area contributed by atoms with E-state index >= 15 is 0 Å². The number of carbonyl (C=O) groups excluding carboxylic acids is 1. The van der Waals surface area contributed by atoms with Gasteiger partial charge in [-0.15, -0.1) is 10.2 Å². The summed E-state index contributed by atoms with van der Waals surface area (Å²) in [5.74, 6) is 0.148. The number of aromatic nitrogens is 3. The van der Waals surface area contributed by atoms with Gasteiger partial charge in [0.25, 0.3) is 0 Å². The number of carbonyl (C=O) groups is 1. The molecule has 0 N–H and O–H groups in total. The minimum Gasteiger partial charge on any atom is -0.311 e. The Morgan fingerprint density at radius 3 is 2.82 bits per heavy atom. The van der Waals surface area contributed by atoms with Gasteiger partial charge in [-0.25, -0.2) is 0 Å². The lowest BCUT2D eigenvalue weighted by Gasteiger charge is -2.06. The topological polar surface area (TPSA) is 47.8 Å². The van der Waals surface area contributed by atoms with E-state index in [4.69, 9.17) is 0 Å². The SMILES string of the molecule is CCC(=O)c1ccccc1Sc1nncn1C. The molecule has 0 aliphatic heterocycles. The molecule has 0 amide bonds. The maximum absolute atomic E-state index is 11.8. The maximum Gasteiger partial charge on any atom is 0.195 e. The molecule has 1 aromatic heterocycles. The van der Waals surface area contributed by atoms with Crippen LogP contribution in [0.4, 0.5) is 0 Å². The molecule has 0 radical (unpaired) electrons. The molecule has 0 unspecified atom stereocenters. The van der Waals surface area contributed by atoms with Gasteiger partial charge >= 0.3 is 0 Å². The molecule has 0 aliphatic rings. The average Bonchev–Trinajstić information content (AvgIpc) is 2.75. The standard InChI is InChI=1S/C12H13N3OS/c1-3-10(16)9-6-4-5-7-11(9)17-12-14-13-8-15(12)2/h4-8H,3H2,1-2H3. The number of hydrogen-bond donors (Lipinski definition) is 0. The summed E-state index contributed by atoms with van der Waals surface area (Å²) in [7, 11) is 1.88. The first kappa shape index (κ1) is 11.9. The first-order chi connectivity index (χ1) is 8.22. The number of hydrogen-bond acceptors (Lipinski definition) is 4. The fourth-order valence-corrected chi connectivity index (χ4v) is 2.35. The number of rotatable bonds is 4. The van der Waals surface area contributed by atoms with E-state index in [-0.39, 0.29) is 5.78 Å². The molecule has 5 heteroatoms. The number of Topliss-reactive ketones (excluding diaryl/α,β-unsaturated/α-hetero) is 1. The molecule has 0 saturated heterocycles. The fraction of sp³-hybridized carbons (Fsp3) is 0.250. The number of nitrogens with zero attached hydrogens (tertiary/aromatic N) is 3. The van der Waals surface area contributed by atoms with Crippen molar-refractivity contribution >= 4 is 17.5 Å². The van der Waals surface area contributed by atoms with Crippen LogP contribution in [0.15, 0.2) is 40.6 Å². The molecule has 1 aromatic carbocycles. The zero-order valence-electron chi connectivity index (χ0n) is 9.75. The normalized spacial score (nSPS) is 10.5. The van der Waals surface area contributed by atoms with E-state index in [1.165, 1.54) is 11.8 Å². The van der Waals surface area contributed by atoms with Crippen LogP contribution in [0.3, 0.4) is 0 Å². The van der Waals surface area contributed by atoms with Crippen molar-refractivity contribution in [2.24, 2.45) is 7.05 Å². The third kappa shape index (κ3) is 2.55. The van der Waals surface area contributed by atoms with Gasteiger partial charge in [0.1, 0.15) is 6.33 Å². The number of benzene rings is 1. The van der Waals surface area contributed by atoms with E-state index in [1.54, 1.807) is 6.33 Å². The van der Waals surface area contributed by atoms with Crippen LogP contribution in [0, 0.1) is 0 Å². The van der Waals surface area contributed by atoms with Crippen LogP contribution >= 0.6 is 11.8 Å². The Morgan fingerprint density at radius 1 is 1.41 bits per heavy atom. The van der Waals surface area contributed by atoms with Gasteiger partial charge in [0.15, 0.2) is 10.9 Å². The van der Waals surface area contributed by atoms with E-state index in [2.05, 4.69) is 10.2 Å². The molecule has 1 heterocycles. The van der Waals surface area contributed by atoms with Crippen LogP contribution in [-0.2, 0) is 7.05 Å². The minimum absolute atomic E-state index is 0.148. The minimum atomic E-state index is 0.148. The molecular weight excluding hydrogens is 234 g/mol. The summed E-state index contributed by atoms with van der Waals surface area (Å²) in [6, 6.07) is 7.58. The average molecular weight is 247 g/mol. The molecule has 0 saturated carbocycles. The van der Waals surface area contributed by atoms with Crippen molar-refractivity contribution in [3.8, 4) is 0 Å². The quantitative estimate of drug-likeness (QED) is 0.779. The van der Waals surface area contributed by atoms with Crippen molar-refractivity contribution in [2.45, 2.75) is 23.4 Å². The van der Waals surface area contributed by atoms with Crippen LogP contribution in [0.25, 0.3) is 0 Å². The summed E-state index contributed by atoms with van der Waals surface area (Å²) < 4.78 is 1.83. The maximum atomic E-state index is 11.8. The third-order valence-corrected chi connectivity index (χ3v) is 3.51. The van der Waals surface area contributed by atoms with Gasteiger partial charge in [0.05, 0.1) is 0 Å². The van der Waals surface area contributed by atoms with Crippen LogP contribution in [0.2, 0.25) is 0 Å². The van der Waals surface area contributed by atoms with Crippen molar-refractivity contribution in [3.63, 3.8) is 0 Å². The van der Waals surface area contributed by atoms with Gasteiger partial charge in [0.2, 0.25) is 0 Å². The molecular formula is C12H13N3OS. The van der Waals surface area contributed by atoms with E-state index < -0.39 is 0 Å². The molecule has 0 fully saturated rings. The summed E-state index contributed by atoms with van der Waals surface area (Å²) in [5, 5.41) is 8.60. The highest BCUT2D eigenvalue weighted by Gasteiger charge is 2.12. The molecule has 4 nitrogen and oxygen atoms in total. The summed E-state index contributed by atoms with van der Waals surface area (Å²) in [5.41, 5.74) is 0.753. The van der Waals surface area contributed by atoms with Crippen LogP contribution in [0.5, 0.6) is 0 Å². The van der Waals surface area contributed by atoms with Crippen LogP contribution in [0.1, 0.15) is 23.7 Å². The van der Waals surface area contributed by atoms with Gasteiger partial charge < -0.3 is 4.57 Å². The number of aryl methyl sites for hydroxylation is 1. The molecule has 2 rings (SSSR count). The second-order valence-corrected chi connectivity index (χ2v) is 4.61. The van der Waals surface area contributed by atoms with Crippen molar-refractivity contribution in [1.82, 2.24) is 14.8 Å². The zero-order chi connectivity index (χ0) is 12.3. The van der Waals surface area contributed by atoms with E-state index in [0.29, 0.717) is 6.42 Å². The lowest BCUT2D eigenvalue weighted by Crippen LogP contribution is -1.99. The molecule has 88 valence electrons. The monoisotopic (exact) mass is 247 g/mol. The Bertz CT molecular complexity index is 536. The summed E-state index contributed by atoms with van der Waals surface area (Å²) in [6.45, 7) is 1.87. The Kier molecular flexibility index (Phi) is 3.58. The molecule has 0 bridgehead atoms. The highest BCUT2D eigenvalue weighted by atomic mass is 32.2. The predicted octanol–water partition coefficient (Wildman–Crippen LogP) is 2.56. The smallest absolute Gasteiger partial charge is 0.195 e. The highest BCUT2D eigenvalue weighted by molar-refractivity contribution is 7.99. The molecule has 2 aromatic rings. The molecule has 0 spiro atoms. The predicted molar refractivity (Wildman–Crippen MR) is 66.2 cm³/mol. The van der Waals surface area contributed by atoms with Crippen molar-refractivity contribution in [1.29, 1.82) is 0 Å². The fourth-order valence-electron chi connectivity index (χ4n) is 1.44. The van der Waals surface area contributed by atoms with Crippen molar-refractivity contribution in [3.05, 3.63) is 36.2 Å². The van der Waals surface area contributed by atoms with Gasteiger partial charge in [-0.2, -0.15) is 0 Å². The largest absolute Gasteiger partial charge is 0.311 e. The summed E-state index contributed by atoms with van der Waals surface area (Å²) >= 11 is 1.46. The lowest BCUT2D eigenvalue weighted by atomic mass is 10.1.